The summed E-state index contributed by atoms with van der Waals surface area (Å²) in [6.07, 6.45) is 2.17. The lowest BCUT2D eigenvalue weighted by atomic mass is 10.1. The summed E-state index contributed by atoms with van der Waals surface area (Å²) in [4.78, 5) is 10.9. The quantitative estimate of drug-likeness (QED) is 0.727. The Bertz CT molecular complexity index is 377. The first-order chi connectivity index (χ1) is 8.41. The van der Waals surface area contributed by atoms with E-state index in [9.17, 15) is 13.2 Å². The molecule has 6 nitrogen and oxygen atoms in total. The highest BCUT2D eigenvalue weighted by Gasteiger charge is 2.37. The molecule has 1 aliphatic heterocycles. The van der Waals surface area contributed by atoms with Gasteiger partial charge in [0, 0.05) is 12.6 Å². The Labute approximate surface area is 108 Å². The second kappa shape index (κ2) is 6.49. The van der Waals surface area contributed by atoms with Crippen molar-refractivity contribution in [1.82, 2.24) is 9.62 Å². The summed E-state index contributed by atoms with van der Waals surface area (Å²) in [5, 5.41) is 10.7. The molecule has 0 radical (unpaired) electrons. The first-order valence-corrected chi connectivity index (χ1v) is 7.85. The van der Waals surface area contributed by atoms with Gasteiger partial charge in [0.1, 0.15) is 0 Å². The Morgan fingerprint density at radius 3 is 2.44 bits per heavy atom. The van der Waals surface area contributed by atoms with Crippen LogP contribution in [0.1, 0.15) is 33.1 Å². The van der Waals surface area contributed by atoms with E-state index in [4.69, 9.17) is 5.11 Å². The van der Waals surface area contributed by atoms with Crippen LogP contribution in [0.4, 0.5) is 0 Å². The molecule has 1 fully saturated rings. The Kier molecular flexibility index (Phi) is 5.55. The van der Waals surface area contributed by atoms with Crippen molar-refractivity contribution in [2.24, 2.45) is 0 Å². The highest BCUT2D eigenvalue weighted by Crippen LogP contribution is 2.20. The molecule has 0 aromatic heterocycles. The molecule has 18 heavy (non-hydrogen) atoms. The van der Waals surface area contributed by atoms with E-state index >= 15 is 0 Å². The maximum absolute atomic E-state index is 12.3. The Morgan fingerprint density at radius 1 is 1.44 bits per heavy atom. The topological polar surface area (TPSA) is 86.7 Å². The summed E-state index contributed by atoms with van der Waals surface area (Å²) < 4.78 is 26.0. The highest BCUT2D eigenvalue weighted by atomic mass is 32.2. The molecule has 7 heteroatoms. The number of sulfonamides is 1. The molecule has 2 N–H and O–H groups in total. The fourth-order valence-corrected chi connectivity index (χ4v) is 3.89. The molecule has 1 unspecified atom stereocenters. The van der Waals surface area contributed by atoms with E-state index in [1.54, 1.807) is 0 Å². The van der Waals surface area contributed by atoms with Crippen LogP contribution >= 0.6 is 0 Å². The summed E-state index contributed by atoms with van der Waals surface area (Å²) in [5.41, 5.74) is 0. The fraction of sp³-hybridized carbons (Fsp3) is 0.909. The van der Waals surface area contributed by atoms with Crippen LogP contribution in [0.15, 0.2) is 0 Å². The second-order valence-corrected chi connectivity index (χ2v) is 6.82. The summed E-state index contributed by atoms with van der Waals surface area (Å²) in [6, 6.07) is -0.0713. The maximum Gasteiger partial charge on any atom is 0.323 e. The average Bonchev–Trinajstić information content (AvgIpc) is 2.35. The highest BCUT2D eigenvalue weighted by molar-refractivity contribution is 7.90. The van der Waals surface area contributed by atoms with Gasteiger partial charge in [0.05, 0.1) is 0 Å². The minimum Gasteiger partial charge on any atom is -0.480 e. The number of rotatable bonds is 6. The number of hydrogen-bond donors (Lipinski definition) is 2. The predicted molar refractivity (Wildman–Crippen MR) is 68.9 cm³/mol. The number of nitrogens with one attached hydrogen (secondary N) is 1. The van der Waals surface area contributed by atoms with E-state index in [0.717, 1.165) is 25.9 Å². The van der Waals surface area contributed by atoms with E-state index in [1.165, 1.54) is 11.2 Å². The zero-order valence-electron chi connectivity index (χ0n) is 10.9. The van der Waals surface area contributed by atoms with Crippen molar-refractivity contribution in [1.29, 1.82) is 0 Å². The molecule has 1 saturated heterocycles. The Balaban J connectivity index is 2.92. The molecule has 0 amide bonds. The number of carboxylic acids is 1. The van der Waals surface area contributed by atoms with Gasteiger partial charge in [0.25, 0.3) is 0 Å². The lowest BCUT2D eigenvalue weighted by Crippen LogP contribution is -2.50. The molecule has 0 aliphatic carbocycles. The monoisotopic (exact) mass is 278 g/mol. The molecule has 0 aromatic carbocycles. The average molecular weight is 278 g/mol. The minimum absolute atomic E-state index is 0.0713. The van der Waals surface area contributed by atoms with Crippen LogP contribution in [-0.4, -0.2) is 54.7 Å². The molecular weight excluding hydrogens is 256 g/mol. The Hall–Kier alpha value is -0.660. The summed E-state index contributed by atoms with van der Waals surface area (Å²) in [7, 11) is -3.76. The van der Waals surface area contributed by atoms with Crippen molar-refractivity contribution in [3.8, 4) is 0 Å². The van der Waals surface area contributed by atoms with Crippen molar-refractivity contribution >= 4 is 16.0 Å². The first-order valence-electron chi connectivity index (χ1n) is 6.35. The van der Waals surface area contributed by atoms with Gasteiger partial charge in [-0.25, -0.2) is 8.42 Å². The molecule has 0 aromatic rings. The van der Waals surface area contributed by atoms with Crippen molar-refractivity contribution in [3.63, 3.8) is 0 Å². The van der Waals surface area contributed by atoms with Crippen molar-refractivity contribution in [2.45, 2.75) is 44.4 Å². The van der Waals surface area contributed by atoms with Gasteiger partial charge in [-0.2, -0.15) is 4.31 Å². The van der Waals surface area contributed by atoms with E-state index in [-0.39, 0.29) is 6.04 Å². The summed E-state index contributed by atoms with van der Waals surface area (Å²) in [5.74, 6) is -1.29. The third-order valence-corrected chi connectivity index (χ3v) is 5.51. The fourth-order valence-electron chi connectivity index (χ4n) is 2.16. The van der Waals surface area contributed by atoms with Crippen LogP contribution in [-0.2, 0) is 14.8 Å². The van der Waals surface area contributed by atoms with Crippen molar-refractivity contribution in [3.05, 3.63) is 0 Å². The van der Waals surface area contributed by atoms with E-state index in [1.807, 2.05) is 6.92 Å². The van der Waals surface area contributed by atoms with Gasteiger partial charge in [-0.15, -0.1) is 0 Å². The van der Waals surface area contributed by atoms with Gasteiger partial charge in [-0.1, -0.05) is 6.92 Å². The second-order valence-electron chi connectivity index (χ2n) is 4.62. The van der Waals surface area contributed by atoms with Crippen LogP contribution in [0.2, 0.25) is 0 Å². The normalized spacial score (nSPS) is 19.9. The van der Waals surface area contributed by atoms with Gasteiger partial charge in [0.15, 0.2) is 5.25 Å². The summed E-state index contributed by atoms with van der Waals surface area (Å²) in [6.45, 7) is 5.09. The number of carbonyl (C=O) groups is 1. The van der Waals surface area contributed by atoms with Gasteiger partial charge in [0.2, 0.25) is 10.0 Å². The molecule has 1 rings (SSSR count). The SMILES string of the molecule is CCCN(C1CCNCC1)S(=O)(=O)C(C)C(=O)O. The lowest BCUT2D eigenvalue weighted by molar-refractivity contribution is -0.136. The van der Waals surface area contributed by atoms with Crippen molar-refractivity contribution in [2.75, 3.05) is 19.6 Å². The van der Waals surface area contributed by atoms with Crippen LogP contribution in [0.3, 0.4) is 0 Å². The van der Waals surface area contributed by atoms with Crippen LogP contribution in [0.25, 0.3) is 0 Å². The number of piperidine rings is 1. The van der Waals surface area contributed by atoms with Crippen LogP contribution in [0.5, 0.6) is 0 Å². The molecule has 1 aliphatic rings. The minimum atomic E-state index is -3.76. The number of nitrogens with zero attached hydrogens (tertiary/aromatic N) is 1. The van der Waals surface area contributed by atoms with E-state index in [2.05, 4.69) is 5.32 Å². The number of aliphatic carboxylic acids is 1. The van der Waals surface area contributed by atoms with Gasteiger partial charge >= 0.3 is 5.97 Å². The molecule has 1 heterocycles. The molecular formula is C11H22N2O4S. The molecule has 0 bridgehead atoms. The van der Waals surface area contributed by atoms with Crippen molar-refractivity contribution < 1.29 is 18.3 Å². The Morgan fingerprint density at radius 2 is 2.00 bits per heavy atom. The largest absolute Gasteiger partial charge is 0.480 e. The lowest BCUT2D eigenvalue weighted by Gasteiger charge is -2.34. The molecule has 1 atom stereocenters. The zero-order chi connectivity index (χ0) is 13.8. The van der Waals surface area contributed by atoms with Crippen LogP contribution < -0.4 is 5.32 Å². The first kappa shape index (κ1) is 15.4. The summed E-state index contributed by atoms with van der Waals surface area (Å²) >= 11 is 0. The van der Waals surface area contributed by atoms with Gasteiger partial charge < -0.3 is 10.4 Å². The molecule has 0 spiro atoms. The van der Waals surface area contributed by atoms with E-state index in [0.29, 0.717) is 13.0 Å². The molecule has 106 valence electrons. The van der Waals surface area contributed by atoms with E-state index < -0.39 is 21.2 Å². The smallest absolute Gasteiger partial charge is 0.323 e. The third kappa shape index (κ3) is 3.43. The zero-order valence-corrected chi connectivity index (χ0v) is 11.7. The standard InChI is InChI=1S/C11H22N2O4S/c1-3-8-13(10-4-6-12-7-5-10)18(16,17)9(2)11(14)15/h9-10,12H,3-8H2,1-2H3,(H,14,15). The third-order valence-electron chi connectivity index (χ3n) is 3.28. The maximum atomic E-state index is 12.3. The number of hydrogen-bond acceptors (Lipinski definition) is 4. The predicted octanol–water partition coefficient (Wildman–Crippen LogP) is 0.253. The van der Waals surface area contributed by atoms with Gasteiger partial charge in [-0.3, -0.25) is 4.79 Å². The van der Waals surface area contributed by atoms with Crippen LogP contribution in [0, 0.1) is 0 Å². The van der Waals surface area contributed by atoms with Gasteiger partial charge in [-0.05, 0) is 39.3 Å². The molecule has 0 saturated carbocycles. The number of carboxylic acid groups (broad SMARTS) is 1.